The molecule has 0 aliphatic heterocycles. The fourth-order valence-electron chi connectivity index (χ4n) is 1.04. The minimum Gasteiger partial charge on any atom is -0.466 e. The third-order valence-corrected chi connectivity index (χ3v) is 2.90. The van der Waals surface area contributed by atoms with Crippen molar-refractivity contribution in [3.05, 3.63) is 41.5 Å². The molecule has 1 aromatic carbocycles. The number of ether oxygens (including phenoxy) is 1. The molecule has 2 nitrogen and oxygen atoms in total. The summed E-state index contributed by atoms with van der Waals surface area (Å²) in [6.07, 6.45) is 0. The van der Waals surface area contributed by atoms with E-state index in [1.807, 2.05) is 30.3 Å². The Labute approximate surface area is 91.7 Å². The van der Waals surface area contributed by atoms with E-state index in [4.69, 9.17) is 0 Å². The molecule has 0 fully saturated rings. The summed E-state index contributed by atoms with van der Waals surface area (Å²) in [4.78, 5) is 11.2. The minimum atomic E-state index is -0.319. The van der Waals surface area contributed by atoms with E-state index >= 15 is 0 Å². The van der Waals surface area contributed by atoms with E-state index in [-0.39, 0.29) is 5.97 Å². The fraction of sp³-hybridized carbons (Fsp3) is 0.182. The molecule has 1 aromatic rings. The van der Waals surface area contributed by atoms with E-state index in [1.54, 1.807) is 6.92 Å². The molecule has 0 amide bonds. The quantitative estimate of drug-likeness (QED) is 0.599. The van der Waals surface area contributed by atoms with Crippen molar-refractivity contribution < 1.29 is 9.53 Å². The van der Waals surface area contributed by atoms with Gasteiger partial charge in [-0.2, -0.15) is 0 Å². The summed E-state index contributed by atoms with van der Waals surface area (Å²) in [6, 6.07) is 9.62. The lowest BCUT2D eigenvalue weighted by atomic mass is 10.1. The maximum absolute atomic E-state index is 11.2. The zero-order valence-electron chi connectivity index (χ0n) is 8.08. The summed E-state index contributed by atoms with van der Waals surface area (Å²) < 4.78 is 5.40. The van der Waals surface area contributed by atoms with Crippen molar-refractivity contribution in [1.82, 2.24) is 0 Å². The lowest BCUT2D eigenvalue weighted by Crippen LogP contribution is -2.02. The van der Waals surface area contributed by atoms with Crippen LogP contribution in [0.2, 0.25) is 0 Å². The number of methoxy groups -OCH3 is 1. The SMILES string of the molecule is COC(=O)C(C)=C(Br)c1ccccc1. The van der Waals surface area contributed by atoms with Crippen molar-refractivity contribution in [3.63, 3.8) is 0 Å². The van der Waals surface area contributed by atoms with Crippen LogP contribution in [0.15, 0.2) is 35.9 Å². The Balaban J connectivity index is 3.05. The Bertz CT molecular complexity index is 355. The maximum atomic E-state index is 11.2. The summed E-state index contributed by atoms with van der Waals surface area (Å²) in [5.74, 6) is -0.319. The van der Waals surface area contributed by atoms with Crippen LogP contribution in [0.5, 0.6) is 0 Å². The predicted molar refractivity (Wildman–Crippen MR) is 60.0 cm³/mol. The molecular weight excluding hydrogens is 244 g/mol. The molecule has 74 valence electrons. The Morgan fingerprint density at radius 1 is 1.29 bits per heavy atom. The van der Waals surface area contributed by atoms with Crippen LogP contribution in [0.1, 0.15) is 12.5 Å². The van der Waals surface area contributed by atoms with Crippen molar-refractivity contribution in [2.75, 3.05) is 7.11 Å². The largest absolute Gasteiger partial charge is 0.466 e. The highest BCUT2D eigenvalue weighted by atomic mass is 79.9. The monoisotopic (exact) mass is 254 g/mol. The van der Waals surface area contributed by atoms with Crippen LogP contribution in [0.25, 0.3) is 4.48 Å². The summed E-state index contributed by atoms with van der Waals surface area (Å²) in [5, 5.41) is 0. The van der Waals surface area contributed by atoms with Crippen LogP contribution in [-0.4, -0.2) is 13.1 Å². The van der Waals surface area contributed by atoms with Crippen molar-refractivity contribution in [3.8, 4) is 0 Å². The Morgan fingerprint density at radius 3 is 2.36 bits per heavy atom. The number of benzene rings is 1. The Morgan fingerprint density at radius 2 is 1.86 bits per heavy atom. The molecule has 0 bridgehead atoms. The molecule has 0 N–H and O–H groups in total. The van der Waals surface area contributed by atoms with Gasteiger partial charge in [0.1, 0.15) is 0 Å². The van der Waals surface area contributed by atoms with Crippen LogP contribution in [0.3, 0.4) is 0 Å². The molecule has 3 heteroatoms. The van der Waals surface area contributed by atoms with Crippen molar-refractivity contribution in [2.24, 2.45) is 0 Å². The van der Waals surface area contributed by atoms with Gasteiger partial charge in [0.25, 0.3) is 0 Å². The molecule has 0 aliphatic carbocycles. The van der Waals surface area contributed by atoms with Gasteiger partial charge in [0, 0.05) is 10.1 Å². The molecule has 0 unspecified atom stereocenters. The third-order valence-electron chi connectivity index (χ3n) is 1.85. The van der Waals surface area contributed by atoms with E-state index in [0.29, 0.717) is 5.57 Å². The first-order chi connectivity index (χ1) is 6.66. The second kappa shape index (κ2) is 4.96. The summed E-state index contributed by atoms with van der Waals surface area (Å²) in [5.41, 5.74) is 1.54. The van der Waals surface area contributed by atoms with Gasteiger partial charge in [-0.15, -0.1) is 0 Å². The number of hydrogen-bond acceptors (Lipinski definition) is 2. The van der Waals surface area contributed by atoms with Crippen molar-refractivity contribution >= 4 is 26.4 Å². The van der Waals surface area contributed by atoms with Gasteiger partial charge in [0.05, 0.1) is 7.11 Å². The lowest BCUT2D eigenvalue weighted by Gasteiger charge is -2.04. The summed E-state index contributed by atoms with van der Waals surface area (Å²) in [6.45, 7) is 1.73. The van der Waals surface area contributed by atoms with Crippen molar-refractivity contribution in [1.29, 1.82) is 0 Å². The second-order valence-corrected chi connectivity index (χ2v) is 3.59. The highest BCUT2D eigenvalue weighted by Crippen LogP contribution is 2.25. The first kappa shape index (κ1) is 11.0. The zero-order valence-corrected chi connectivity index (χ0v) is 9.67. The van der Waals surface area contributed by atoms with Gasteiger partial charge in [-0.05, 0) is 28.4 Å². The first-order valence-corrected chi connectivity index (χ1v) is 4.96. The minimum absolute atomic E-state index is 0.319. The van der Waals surface area contributed by atoms with Crippen LogP contribution in [-0.2, 0) is 9.53 Å². The number of esters is 1. The molecule has 14 heavy (non-hydrogen) atoms. The summed E-state index contributed by atoms with van der Waals surface area (Å²) >= 11 is 3.37. The van der Waals surface area contributed by atoms with Gasteiger partial charge in [-0.1, -0.05) is 30.3 Å². The lowest BCUT2D eigenvalue weighted by molar-refractivity contribution is -0.135. The third kappa shape index (κ3) is 2.45. The standard InChI is InChI=1S/C11H11BrO2/c1-8(11(13)14-2)10(12)9-6-4-3-5-7-9/h3-7H,1-2H3. The zero-order chi connectivity index (χ0) is 10.6. The van der Waals surface area contributed by atoms with Crippen LogP contribution >= 0.6 is 15.9 Å². The molecule has 0 saturated carbocycles. The van der Waals surface area contributed by atoms with Crippen LogP contribution < -0.4 is 0 Å². The fourth-order valence-corrected chi connectivity index (χ4v) is 1.47. The average molecular weight is 255 g/mol. The van der Waals surface area contributed by atoms with Gasteiger partial charge >= 0.3 is 5.97 Å². The Hall–Kier alpha value is -1.09. The van der Waals surface area contributed by atoms with Gasteiger partial charge in [-0.3, -0.25) is 0 Å². The molecule has 0 heterocycles. The summed E-state index contributed by atoms with van der Waals surface area (Å²) in [7, 11) is 1.37. The number of carbonyl (C=O) groups is 1. The molecule has 0 aliphatic rings. The Kier molecular flexibility index (Phi) is 3.89. The predicted octanol–water partition coefficient (Wildman–Crippen LogP) is 2.99. The van der Waals surface area contributed by atoms with E-state index in [9.17, 15) is 4.79 Å². The van der Waals surface area contributed by atoms with E-state index < -0.39 is 0 Å². The molecule has 0 saturated heterocycles. The molecular formula is C11H11BrO2. The average Bonchev–Trinajstić information content (AvgIpc) is 2.27. The molecule has 0 radical (unpaired) electrons. The molecule has 0 atom stereocenters. The smallest absolute Gasteiger partial charge is 0.334 e. The van der Waals surface area contributed by atoms with Gasteiger partial charge in [-0.25, -0.2) is 4.79 Å². The topological polar surface area (TPSA) is 26.3 Å². The van der Waals surface area contributed by atoms with Crippen LogP contribution in [0.4, 0.5) is 0 Å². The number of rotatable bonds is 2. The maximum Gasteiger partial charge on any atom is 0.334 e. The van der Waals surface area contributed by atoms with Crippen molar-refractivity contribution in [2.45, 2.75) is 6.92 Å². The molecule has 1 rings (SSSR count). The second-order valence-electron chi connectivity index (χ2n) is 2.80. The number of halogens is 1. The normalized spacial score (nSPS) is 11.9. The van der Waals surface area contributed by atoms with E-state index in [0.717, 1.165) is 10.0 Å². The number of hydrogen-bond donors (Lipinski definition) is 0. The highest BCUT2D eigenvalue weighted by molar-refractivity contribution is 9.15. The van der Waals surface area contributed by atoms with Gasteiger partial charge in [0.2, 0.25) is 0 Å². The van der Waals surface area contributed by atoms with Gasteiger partial charge < -0.3 is 4.74 Å². The van der Waals surface area contributed by atoms with E-state index in [2.05, 4.69) is 20.7 Å². The van der Waals surface area contributed by atoms with Crippen LogP contribution in [0, 0.1) is 0 Å². The first-order valence-electron chi connectivity index (χ1n) is 4.17. The highest BCUT2D eigenvalue weighted by Gasteiger charge is 2.09. The molecule has 0 spiro atoms. The molecule has 0 aromatic heterocycles. The van der Waals surface area contributed by atoms with E-state index in [1.165, 1.54) is 7.11 Å². The number of carbonyl (C=O) groups excluding carboxylic acids is 1. The van der Waals surface area contributed by atoms with Gasteiger partial charge in [0.15, 0.2) is 0 Å².